The predicted molar refractivity (Wildman–Crippen MR) is 112 cm³/mol. The first-order valence-electron chi connectivity index (χ1n) is 8.59. The summed E-state index contributed by atoms with van der Waals surface area (Å²) in [6.07, 6.45) is 1.75. The van der Waals surface area contributed by atoms with Crippen molar-refractivity contribution >= 4 is 45.0 Å². The zero-order valence-electron chi connectivity index (χ0n) is 15.4. The molecule has 1 aromatic carbocycles. The van der Waals surface area contributed by atoms with E-state index in [2.05, 4.69) is 22.0 Å². The Hall–Kier alpha value is -2.56. The van der Waals surface area contributed by atoms with Crippen molar-refractivity contribution in [3.05, 3.63) is 69.5 Å². The first-order valence-corrected chi connectivity index (χ1v) is 10.4. The van der Waals surface area contributed by atoms with Crippen molar-refractivity contribution in [1.82, 2.24) is 4.40 Å². The molecule has 0 aliphatic rings. The van der Waals surface area contributed by atoms with E-state index in [0.29, 0.717) is 21.5 Å². The van der Waals surface area contributed by atoms with Crippen LogP contribution in [0.5, 0.6) is 0 Å². The van der Waals surface area contributed by atoms with Crippen LogP contribution in [0.25, 0.3) is 5.52 Å². The van der Waals surface area contributed by atoms with Crippen LogP contribution in [0.4, 0.5) is 0 Å². The summed E-state index contributed by atoms with van der Waals surface area (Å²) in [5, 5.41) is 9.73. The highest BCUT2D eigenvalue weighted by atomic mass is 79.9. The van der Waals surface area contributed by atoms with Gasteiger partial charge in [-0.05, 0) is 43.7 Å². The lowest BCUT2D eigenvalue weighted by Gasteiger charge is -2.06. The number of carbonyl (C=O) groups excluding carboxylic acids is 2. The van der Waals surface area contributed by atoms with Crippen LogP contribution in [0.3, 0.4) is 0 Å². The third-order valence-electron chi connectivity index (χ3n) is 4.14. The third-order valence-corrected chi connectivity index (χ3v) is 5.77. The van der Waals surface area contributed by atoms with Gasteiger partial charge in [0.05, 0.1) is 28.3 Å². The number of fused-ring (bicyclic) bond motifs is 1. The average molecular weight is 457 g/mol. The maximum absolute atomic E-state index is 12.6. The van der Waals surface area contributed by atoms with Gasteiger partial charge in [-0.1, -0.05) is 28.1 Å². The molecule has 5 nitrogen and oxygen atoms in total. The molecule has 2 aromatic heterocycles. The molecule has 0 fully saturated rings. The third kappa shape index (κ3) is 3.98. The molecule has 7 heteroatoms. The second-order valence-electron chi connectivity index (χ2n) is 6.06. The molecule has 2 heterocycles. The molecule has 142 valence electrons. The van der Waals surface area contributed by atoms with Crippen molar-refractivity contribution in [2.24, 2.45) is 0 Å². The summed E-state index contributed by atoms with van der Waals surface area (Å²) < 4.78 is 7.75. The first-order chi connectivity index (χ1) is 13.5. The van der Waals surface area contributed by atoms with E-state index in [1.807, 2.05) is 19.1 Å². The van der Waals surface area contributed by atoms with E-state index < -0.39 is 5.97 Å². The Kier molecular flexibility index (Phi) is 6.22. The minimum atomic E-state index is -0.513. The van der Waals surface area contributed by atoms with E-state index >= 15 is 0 Å². The fourth-order valence-electron chi connectivity index (χ4n) is 2.83. The molecule has 0 unspecified atom stereocenters. The zero-order valence-corrected chi connectivity index (χ0v) is 17.8. The van der Waals surface area contributed by atoms with Gasteiger partial charge in [0.15, 0.2) is 5.78 Å². The maximum Gasteiger partial charge on any atom is 0.356 e. The Morgan fingerprint density at radius 1 is 1.25 bits per heavy atom. The normalized spacial score (nSPS) is 10.6. The number of benzene rings is 1. The molecular weight excluding hydrogens is 440 g/mol. The maximum atomic E-state index is 12.6. The fraction of sp³-hybridized carbons (Fsp3) is 0.190. The number of carbonyl (C=O) groups is 2. The van der Waals surface area contributed by atoms with Crippen LogP contribution in [0.15, 0.2) is 52.0 Å². The summed E-state index contributed by atoms with van der Waals surface area (Å²) in [4.78, 5) is 25.6. The van der Waals surface area contributed by atoms with Gasteiger partial charge in [0, 0.05) is 16.2 Å². The number of nitrogens with zero attached hydrogens (tertiary/aromatic N) is 2. The smallest absolute Gasteiger partial charge is 0.356 e. The molecule has 3 rings (SSSR count). The van der Waals surface area contributed by atoms with Crippen molar-refractivity contribution in [1.29, 1.82) is 5.26 Å². The predicted octanol–water partition coefficient (Wildman–Crippen LogP) is 5.03. The Morgan fingerprint density at radius 3 is 2.61 bits per heavy atom. The van der Waals surface area contributed by atoms with Crippen LogP contribution < -0.4 is 0 Å². The summed E-state index contributed by atoms with van der Waals surface area (Å²) in [5.74, 6) is -0.484. The van der Waals surface area contributed by atoms with E-state index in [-0.39, 0.29) is 23.8 Å². The molecule has 0 bridgehead atoms. The average Bonchev–Trinajstić information content (AvgIpc) is 2.99. The van der Waals surface area contributed by atoms with Gasteiger partial charge < -0.3 is 9.14 Å². The summed E-state index contributed by atoms with van der Waals surface area (Å²) in [5.41, 5.74) is 2.83. The molecule has 0 radical (unpaired) electrons. The van der Waals surface area contributed by atoms with Crippen LogP contribution >= 0.6 is 27.7 Å². The van der Waals surface area contributed by atoms with Gasteiger partial charge in [0.25, 0.3) is 0 Å². The molecule has 3 aromatic rings. The molecule has 0 saturated heterocycles. The topological polar surface area (TPSA) is 71.6 Å². The summed E-state index contributed by atoms with van der Waals surface area (Å²) in [6.45, 7) is 3.87. The summed E-state index contributed by atoms with van der Waals surface area (Å²) in [7, 11) is 0. The standard InChI is InChI=1S/C21H17BrN2O3S/c1-3-27-21(26)19-20(16(11-23)17-10-13(2)8-9-24(17)19)28-12-18(25)14-4-6-15(22)7-5-14/h4-10H,3,12H2,1-2H3. The lowest BCUT2D eigenvalue weighted by atomic mass is 10.2. The van der Waals surface area contributed by atoms with Gasteiger partial charge in [0.1, 0.15) is 11.8 Å². The molecule has 0 aliphatic heterocycles. The van der Waals surface area contributed by atoms with Crippen LogP contribution in [-0.2, 0) is 4.74 Å². The molecule has 0 saturated carbocycles. The number of Topliss-reactive ketones (excluding diaryl/α,β-unsaturated/α-hetero) is 1. The highest BCUT2D eigenvalue weighted by Crippen LogP contribution is 2.33. The Labute approximate surface area is 175 Å². The number of rotatable bonds is 6. The lowest BCUT2D eigenvalue weighted by molar-refractivity contribution is 0.0514. The van der Waals surface area contributed by atoms with Gasteiger partial charge in [-0.2, -0.15) is 5.26 Å². The Bertz CT molecular complexity index is 1100. The molecule has 0 amide bonds. The molecule has 0 atom stereocenters. The summed E-state index contributed by atoms with van der Waals surface area (Å²) >= 11 is 4.53. The van der Waals surface area contributed by atoms with Crippen molar-refractivity contribution < 1.29 is 14.3 Å². The van der Waals surface area contributed by atoms with Crippen LogP contribution in [-0.4, -0.2) is 28.5 Å². The largest absolute Gasteiger partial charge is 0.461 e. The monoisotopic (exact) mass is 456 g/mol. The quantitative estimate of drug-likeness (QED) is 0.295. The first kappa shape index (κ1) is 20.2. The molecule has 0 spiro atoms. The number of hydrogen-bond donors (Lipinski definition) is 0. The molecule has 0 N–H and O–H groups in total. The van der Waals surface area contributed by atoms with E-state index in [1.54, 1.807) is 41.8 Å². The number of ether oxygens (including phenoxy) is 1. The minimum Gasteiger partial charge on any atom is -0.461 e. The number of thioether (sulfide) groups is 1. The lowest BCUT2D eigenvalue weighted by Crippen LogP contribution is -2.10. The number of pyridine rings is 1. The second kappa shape index (κ2) is 8.63. The number of halogens is 1. The number of aryl methyl sites for hydroxylation is 1. The van der Waals surface area contributed by atoms with Crippen molar-refractivity contribution in [3.8, 4) is 6.07 Å². The van der Waals surface area contributed by atoms with Gasteiger partial charge in [-0.25, -0.2) is 4.79 Å². The number of nitriles is 1. The van der Waals surface area contributed by atoms with E-state index in [1.165, 1.54) is 11.8 Å². The van der Waals surface area contributed by atoms with E-state index in [4.69, 9.17) is 4.74 Å². The van der Waals surface area contributed by atoms with Crippen molar-refractivity contribution in [2.45, 2.75) is 18.7 Å². The van der Waals surface area contributed by atoms with Crippen LogP contribution in [0.2, 0.25) is 0 Å². The molecular formula is C21H17BrN2O3S. The van der Waals surface area contributed by atoms with Crippen LogP contribution in [0.1, 0.15) is 38.9 Å². The fourth-order valence-corrected chi connectivity index (χ4v) is 4.15. The second-order valence-corrected chi connectivity index (χ2v) is 7.96. The number of esters is 1. The summed E-state index contributed by atoms with van der Waals surface area (Å²) in [6, 6.07) is 13.0. The highest BCUT2D eigenvalue weighted by molar-refractivity contribution is 9.10. The van der Waals surface area contributed by atoms with Gasteiger partial charge in [0.2, 0.25) is 0 Å². The minimum absolute atomic E-state index is 0.0809. The van der Waals surface area contributed by atoms with Gasteiger partial charge in [-0.3, -0.25) is 4.79 Å². The molecule has 0 aliphatic carbocycles. The Morgan fingerprint density at radius 2 is 1.96 bits per heavy atom. The Balaban J connectivity index is 2.02. The van der Waals surface area contributed by atoms with E-state index in [0.717, 1.165) is 10.0 Å². The van der Waals surface area contributed by atoms with Gasteiger partial charge in [-0.15, -0.1) is 11.8 Å². The number of ketones is 1. The number of aromatic nitrogens is 1. The van der Waals surface area contributed by atoms with Crippen molar-refractivity contribution in [2.75, 3.05) is 12.4 Å². The van der Waals surface area contributed by atoms with Crippen LogP contribution in [0, 0.1) is 18.3 Å². The SMILES string of the molecule is CCOC(=O)c1c(SCC(=O)c2ccc(Br)cc2)c(C#N)c2cc(C)ccn12. The van der Waals surface area contributed by atoms with Gasteiger partial charge >= 0.3 is 5.97 Å². The highest BCUT2D eigenvalue weighted by Gasteiger charge is 2.25. The molecule has 28 heavy (non-hydrogen) atoms. The van der Waals surface area contributed by atoms with Crippen molar-refractivity contribution in [3.63, 3.8) is 0 Å². The van der Waals surface area contributed by atoms with E-state index in [9.17, 15) is 14.9 Å². The zero-order chi connectivity index (χ0) is 20.3. The number of hydrogen-bond acceptors (Lipinski definition) is 5.